The molecule has 2 heterocycles. The molecule has 0 unspecified atom stereocenters. The largest absolute Gasteiger partial charge is 0.367 e. The highest BCUT2D eigenvalue weighted by atomic mass is 32.1. The number of hydrogen-bond acceptors (Lipinski definition) is 4. The van der Waals surface area contributed by atoms with Crippen molar-refractivity contribution in [2.24, 2.45) is 5.92 Å². The molecule has 0 radical (unpaired) electrons. The van der Waals surface area contributed by atoms with Gasteiger partial charge >= 0.3 is 0 Å². The number of fused-ring (bicyclic) bond motifs is 1. The van der Waals surface area contributed by atoms with Crippen molar-refractivity contribution in [3.8, 4) is 10.6 Å². The molecule has 3 nitrogen and oxygen atoms in total. The van der Waals surface area contributed by atoms with Crippen molar-refractivity contribution in [1.82, 2.24) is 5.16 Å². The van der Waals surface area contributed by atoms with Crippen LogP contribution in [0.15, 0.2) is 10.6 Å². The molecule has 0 atom stereocenters. The smallest absolute Gasteiger partial charge is 0.225 e. The summed E-state index contributed by atoms with van der Waals surface area (Å²) in [5.41, 5.74) is 9.51. The minimum absolute atomic E-state index is 0.484. The lowest BCUT2D eigenvalue weighted by Gasteiger charge is -2.03. The maximum absolute atomic E-state index is 5.95. The van der Waals surface area contributed by atoms with Crippen LogP contribution in [0.5, 0.6) is 0 Å². The minimum atomic E-state index is 0.484. The van der Waals surface area contributed by atoms with E-state index in [2.05, 4.69) is 25.1 Å². The second-order valence-corrected chi connectivity index (χ2v) is 7.23. The molecule has 0 amide bonds. The van der Waals surface area contributed by atoms with Crippen molar-refractivity contribution in [2.75, 3.05) is 5.73 Å². The zero-order valence-electron chi connectivity index (χ0n) is 12.2. The highest BCUT2D eigenvalue weighted by Crippen LogP contribution is 2.38. The van der Waals surface area contributed by atoms with Gasteiger partial charge in [-0.05, 0) is 49.7 Å². The Morgan fingerprint density at radius 2 is 2.10 bits per heavy atom. The third-order valence-electron chi connectivity index (χ3n) is 3.91. The van der Waals surface area contributed by atoms with Crippen LogP contribution in [-0.2, 0) is 19.3 Å². The zero-order chi connectivity index (χ0) is 14.1. The Kier molecular flexibility index (Phi) is 3.83. The molecular weight excluding hydrogens is 268 g/mol. The molecule has 0 bridgehead atoms. The van der Waals surface area contributed by atoms with Gasteiger partial charge in [-0.25, -0.2) is 0 Å². The summed E-state index contributed by atoms with van der Waals surface area (Å²) in [7, 11) is 0. The van der Waals surface area contributed by atoms with Gasteiger partial charge < -0.3 is 10.3 Å². The molecule has 2 aromatic heterocycles. The van der Waals surface area contributed by atoms with Crippen LogP contribution in [0.25, 0.3) is 10.6 Å². The Balaban J connectivity index is 1.97. The number of hydrogen-bond donors (Lipinski definition) is 1. The van der Waals surface area contributed by atoms with Crippen LogP contribution in [0.1, 0.15) is 49.1 Å². The maximum atomic E-state index is 5.95. The fourth-order valence-electron chi connectivity index (χ4n) is 2.91. The van der Waals surface area contributed by atoms with Crippen molar-refractivity contribution in [2.45, 2.75) is 52.4 Å². The zero-order valence-corrected chi connectivity index (χ0v) is 13.1. The molecule has 0 saturated heterocycles. The van der Waals surface area contributed by atoms with E-state index in [0.717, 1.165) is 17.7 Å². The molecule has 0 aliphatic heterocycles. The Labute approximate surface area is 124 Å². The second-order valence-electron chi connectivity index (χ2n) is 6.09. The van der Waals surface area contributed by atoms with Crippen LogP contribution in [0.4, 0.5) is 5.88 Å². The Hall–Kier alpha value is -1.29. The second kappa shape index (κ2) is 5.60. The number of thiophene rings is 1. The van der Waals surface area contributed by atoms with Gasteiger partial charge in [0.2, 0.25) is 5.88 Å². The standard InChI is InChI=1S/C16H22N2OS/c1-10(2)8-12-15(18-19-16(12)17)14-9-11-6-4-3-5-7-13(11)20-14/h9-10H,3-8,17H2,1-2H3. The molecule has 1 aliphatic carbocycles. The lowest BCUT2D eigenvalue weighted by atomic mass is 10.0. The topological polar surface area (TPSA) is 52.0 Å². The third-order valence-corrected chi connectivity index (χ3v) is 5.15. The molecule has 108 valence electrons. The summed E-state index contributed by atoms with van der Waals surface area (Å²) in [6.07, 6.45) is 7.32. The molecular formula is C16H22N2OS. The molecule has 20 heavy (non-hydrogen) atoms. The predicted molar refractivity (Wildman–Crippen MR) is 84.0 cm³/mol. The van der Waals surface area contributed by atoms with E-state index in [1.165, 1.54) is 47.4 Å². The molecule has 0 saturated carbocycles. The van der Waals surface area contributed by atoms with Gasteiger partial charge in [0.25, 0.3) is 0 Å². The van der Waals surface area contributed by atoms with E-state index in [9.17, 15) is 0 Å². The SMILES string of the molecule is CC(C)Cc1c(-c2cc3c(s2)CCCCC3)noc1N. The van der Waals surface area contributed by atoms with Gasteiger partial charge in [0.1, 0.15) is 5.69 Å². The molecule has 0 fully saturated rings. The quantitative estimate of drug-likeness (QED) is 0.849. The van der Waals surface area contributed by atoms with E-state index in [0.29, 0.717) is 11.8 Å². The first-order chi connectivity index (χ1) is 9.65. The number of anilines is 1. The van der Waals surface area contributed by atoms with Gasteiger partial charge in [0.05, 0.1) is 4.88 Å². The molecule has 1 aliphatic rings. The van der Waals surface area contributed by atoms with Crippen LogP contribution in [0, 0.1) is 5.92 Å². The normalized spacial score (nSPS) is 15.3. The lowest BCUT2D eigenvalue weighted by Crippen LogP contribution is -1.98. The van der Waals surface area contributed by atoms with Gasteiger partial charge in [0, 0.05) is 10.4 Å². The molecule has 3 rings (SSSR count). The third kappa shape index (κ3) is 2.62. The van der Waals surface area contributed by atoms with Crippen LogP contribution < -0.4 is 5.73 Å². The van der Waals surface area contributed by atoms with E-state index in [1.54, 1.807) is 0 Å². The summed E-state index contributed by atoms with van der Waals surface area (Å²) in [6.45, 7) is 4.39. The average Bonchev–Trinajstić information content (AvgIpc) is 2.88. The summed E-state index contributed by atoms with van der Waals surface area (Å²) in [5.74, 6) is 1.03. The summed E-state index contributed by atoms with van der Waals surface area (Å²) in [6, 6.07) is 2.31. The van der Waals surface area contributed by atoms with Crippen molar-refractivity contribution in [3.63, 3.8) is 0 Å². The molecule has 2 N–H and O–H groups in total. The Morgan fingerprint density at radius 1 is 1.30 bits per heavy atom. The highest BCUT2D eigenvalue weighted by molar-refractivity contribution is 7.15. The van der Waals surface area contributed by atoms with Gasteiger partial charge in [-0.15, -0.1) is 11.3 Å². The van der Waals surface area contributed by atoms with Gasteiger partial charge in [-0.2, -0.15) is 0 Å². The van der Waals surface area contributed by atoms with Gasteiger partial charge in [-0.1, -0.05) is 25.4 Å². The summed E-state index contributed by atoms with van der Waals surface area (Å²) in [4.78, 5) is 2.77. The van der Waals surface area contributed by atoms with Crippen LogP contribution in [0.3, 0.4) is 0 Å². The average molecular weight is 290 g/mol. The highest BCUT2D eigenvalue weighted by Gasteiger charge is 2.20. The molecule has 2 aromatic rings. The van der Waals surface area contributed by atoms with Crippen LogP contribution in [0.2, 0.25) is 0 Å². The maximum Gasteiger partial charge on any atom is 0.225 e. The first kappa shape index (κ1) is 13.7. The summed E-state index contributed by atoms with van der Waals surface area (Å²) < 4.78 is 5.24. The summed E-state index contributed by atoms with van der Waals surface area (Å²) >= 11 is 1.88. The fraction of sp³-hybridized carbons (Fsp3) is 0.562. The van der Waals surface area contributed by atoms with E-state index >= 15 is 0 Å². The van der Waals surface area contributed by atoms with Crippen molar-refractivity contribution in [1.29, 1.82) is 0 Å². The number of aromatic nitrogens is 1. The van der Waals surface area contributed by atoms with E-state index < -0.39 is 0 Å². The van der Waals surface area contributed by atoms with Crippen LogP contribution in [-0.4, -0.2) is 5.16 Å². The number of rotatable bonds is 3. The number of nitrogens with zero attached hydrogens (tertiary/aromatic N) is 1. The van der Waals surface area contributed by atoms with Gasteiger partial charge in [0.15, 0.2) is 0 Å². The number of nitrogens with two attached hydrogens (primary N) is 1. The first-order valence-electron chi connectivity index (χ1n) is 7.51. The van der Waals surface area contributed by atoms with E-state index in [4.69, 9.17) is 10.3 Å². The van der Waals surface area contributed by atoms with Crippen molar-refractivity contribution >= 4 is 17.2 Å². The molecule has 4 heteroatoms. The van der Waals surface area contributed by atoms with Crippen molar-refractivity contribution in [3.05, 3.63) is 22.1 Å². The lowest BCUT2D eigenvalue weighted by molar-refractivity contribution is 0.438. The first-order valence-corrected chi connectivity index (χ1v) is 8.32. The van der Waals surface area contributed by atoms with Gasteiger partial charge in [-0.3, -0.25) is 0 Å². The Morgan fingerprint density at radius 3 is 2.90 bits per heavy atom. The minimum Gasteiger partial charge on any atom is -0.367 e. The van der Waals surface area contributed by atoms with E-state index in [1.807, 2.05) is 11.3 Å². The van der Waals surface area contributed by atoms with E-state index in [-0.39, 0.29) is 0 Å². The molecule has 0 spiro atoms. The number of nitrogen functional groups attached to an aromatic ring is 1. The predicted octanol–water partition coefficient (Wildman–Crippen LogP) is 4.45. The fourth-order valence-corrected chi connectivity index (χ4v) is 4.17. The number of aryl methyl sites for hydroxylation is 2. The van der Waals surface area contributed by atoms with Crippen molar-refractivity contribution < 1.29 is 4.52 Å². The monoisotopic (exact) mass is 290 g/mol. The van der Waals surface area contributed by atoms with Crippen LogP contribution >= 0.6 is 11.3 Å². The summed E-state index contributed by atoms with van der Waals surface area (Å²) in [5, 5.41) is 4.22. The molecule has 0 aromatic carbocycles. The Bertz CT molecular complexity index is 574.